The number of rotatable bonds is 0. The molecule has 1 aromatic heterocycles. The van der Waals surface area contributed by atoms with E-state index in [2.05, 4.69) is 5.10 Å². The third-order valence-corrected chi connectivity index (χ3v) is 2.87. The molecule has 0 spiro atoms. The molecule has 0 unspecified atom stereocenters. The third kappa shape index (κ3) is 3.52. The maximum Gasteiger partial charge on any atom is 0.164 e. The number of carbonyl (C=O) groups excluding carboxylic acids is 1. The van der Waals surface area contributed by atoms with Crippen LogP contribution in [0.1, 0.15) is 50.2 Å². The fraction of sp³-hybridized carbons (Fsp3) is 0.467. The van der Waals surface area contributed by atoms with E-state index in [0.29, 0.717) is 6.42 Å². The normalized spacial score (nSPS) is 11.7. The van der Waals surface area contributed by atoms with Crippen molar-refractivity contribution in [3.05, 3.63) is 29.5 Å². The Labute approximate surface area is 140 Å². The molecule has 3 rings (SSSR count). The van der Waals surface area contributed by atoms with Crippen molar-refractivity contribution in [3.63, 3.8) is 0 Å². The molecule has 1 radical (unpaired) electrons. The Bertz CT molecular complexity index is 546. The van der Waals surface area contributed by atoms with Gasteiger partial charge in [-0.05, 0) is 12.5 Å². The van der Waals surface area contributed by atoms with Crippen LogP contribution in [0, 0.1) is 0 Å². The number of benzene rings is 1. The van der Waals surface area contributed by atoms with Gasteiger partial charge >= 0.3 is 0 Å². The molecule has 0 saturated carbocycles. The number of ketones is 1. The SMILES string of the molecule is CC.CC.Cn1nc2cccc3c2c1CCC3=O.[Y]. The minimum atomic E-state index is 0. The fourth-order valence-electron chi connectivity index (χ4n) is 2.20. The van der Waals surface area contributed by atoms with Crippen LogP contribution in [0.15, 0.2) is 18.2 Å². The van der Waals surface area contributed by atoms with Crippen molar-refractivity contribution in [2.75, 3.05) is 0 Å². The molecule has 1 aliphatic rings. The smallest absolute Gasteiger partial charge is 0.164 e. The van der Waals surface area contributed by atoms with E-state index in [1.807, 2.05) is 57.6 Å². The monoisotopic (exact) mass is 335 g/mol. The van der Waals surface area contributed by atoms with Crippen LogP contribution < -0.4 is 0 Å². The van der Waals surface area contributed by atoms with Crippen LogP contribution in [0.2, 0.25) is 0 Å². The quantitative estimate of drug-likeness (QED) is 0.735. The number of nitrogens with zero attached hydrogens (tertiary/aromatic N) is 2. The second kappa shape index (κ2) is 8.60. The number of hydrogen-bond acceptors (Lipinski definition) is 2. The van der Waals surface area contributed by atoms with E-state index in [-0.39, 0.29) is 38.5 Å². The zero-order chi connectivity index (χ0) is 13.7. The summed E-state index contributed by atoms with van der Waals surface area (Å²) in [5.41, 5.74) is 2.97. The Morgan fingerprint density at radius 1 is 1.11 bits per heavy atom. The van der Waals surface area contributed by atoms with Gasteiger partial charge in [0.25, 0.3) is 0 Å². The maximum atomic E-state index is 11.6. The van der Waals surface area contributed by atoms with Crippen LogP contribution in [-0.4, -0.2) is 15.6 Å². The summed E-state index contributed by atoms with van der Waals surface area (Å²) in [6.07, 6.45) is 1.44. The van der Waals surface area contributed by atoms with Crippen molar-refractivity contribution >= 4 is 16.7 Å². The molecule has 19 heavy (non-hydrogen) atoms. The van der Waals surface area contributed by atoms with Gasteiger partial charge < -0.3 is 0 Å². The van der Waals surface area contributed by atoms with E-state index in [0.717, 1.165) is 22.9 Å². The molecule has 101 valence electrons. The van der Waals surface area contributed by atoms with Crippen molar-refractivity contribution in [2.45, 2.75) is 40.5 Å². The summed E-state index contributed by atoms with van der Waals surface area (Å²) in [5, 5.41) is 5.44. The Morgan fingerprint density at radius 2 is 1.74 bits per heavy atom. The van der Waals surface area contributed by atoms with Crippen LogP contribution >= 0.6 is 0 Å². The first-order valence-electron chi connectivity index (χ1n) is 6.75. The van der Waals surface area contributed by atoms with Gasteiger partial charge in [0.2, 0.25) is 0 Å². The van der Waals surface area contributed by atoms with Crippen LogP contribution in [0.25, 0.3) is 10.9 Å². The molecule has 0 atom stereocenters. The minimum Gasteiger partial charge on any atom is -0.294 e. The summed E-state index contributed by atoms with van der Waals surface area (Å²) >= 11 is 0. The summed E-state index contributed by atoms with van der Waals surface area (Å²) in [6, 6.07) is 5.76. The molecule has 3 nitrogen and oxygen atoms in total. The van der Waals surface area contributed by atoms with E-state index < -0.39 is 0 Å². The van der Waals surface area contributed by atoms with Gasteiger partial charge in [-0.1, -0.05) is 39.8 Å². The number of aryl methyl sites for hydroxylation is 2. The van der Waals surface area contributed by atoms with Crippen molar-refractivity contribution in [1.82, 2.24) is 9.78 Å². The Kier molecular flexibility index (Phi) is 8.36. The second-order valence-electron chi connectivity index (χ2n) is 3.69. The van der Waals surface area contributed by atoms with Crippen molar-refractivity contribution in [1.29, 1.82) is 0 Å². The Balaban J connectivity index is 0.000000597. The average Bonchev–Trinajstić information content (AvgIpc) is 2.76. The summed E-state index contributed by atoms with van der Waals surface area (Å²) in [7, 11) is 1.94. The standard InChI is InChI=1S/C11H10N2O.2C2H6.Y/c1-13-9-5-6-10(14)7-3-2-4-8(12-13)11(7)9;2*1-2;/h2-4H,5-6H2,1H3;2*1-2H3;. The largest absolute Gasteiger partial charge is 0.294 e. The average molecular weight is 335 g/mol. The van der Waals surface area contributed by atoms with E-state index >= 15 is 0 Å². The first-order chi connectivity index (χ1) is 8.77. The molecule has 0 bridgehead atoms. The molecule has 0 aliphatic heterocycles. The number of hydrogen-bond donors (Lipinski definition) is 0. The van der Waals surface area contributed by atoms with E-state index in [9.17, 15) is 4.79 Å². The molecule has 0 saturated heterocycles. The molecule has 1 aromatic carbocycles. The third-order valence-electron chi connectivity index (χ3n) is 2.87. The predicted molar refractivity (Wildman–Crippen MR) is 76.1 cm³/mol. The first kappa shape index (κ1) is 18.5. The van der Waals surface area contributed by atoms with E-state index in [1.165, 1.54) is 5.69 Å². The van der Waals surface area contributed by atoms with Crippen molar-refractivity contribution in [3.8, 4) is 0 Å². The molecular formula is C15H22N2OY. The van der Waals surface area contributed by atoms with Crippen LogP contribution in [0.3, 0.4) is 0 Å². The van der Waals surface area contributed by atoms with Crippen LogP contribution in [-0.2, 0) is 46.2 Å². The fourth-order valence-corrected chi connectivity index (χ4v) is 2.20. The second-order valence-corrected chi connectivity index (χ2v) is 3.69. The molecule has 0 amide bonds. The van der Waals surface area contributed by atoms with E-state index in [4.69, 9.17) is 0 Å². The van der Waals surface area contributed by atoms with Crippen LogP contribution in [0.5, 0.6) is 0 Å². The number of Topliss-reactive ketones (excluding diaryl/α,β-unsaturated/α-hetero) is 1. The zero-order valence-electron chi connectivity index (χ0n) is 12.5. The summed E-state index contributed by atoms with van der Waals surface area (Å²) in [6.45, 7) is 8.00. The van der Waals surface area contributed by atoms with Crippen molar-refractivity contribution < 1.29 is 37.5 Å². The molecule has 0 N–H and O–H groups in total. The Hall–Kier alpha value is -0.536. The Morgan fingerprint density at radius 3 is 2.37 bits per heavy atom. The van der Waals surface area contributed by atoms with Gasteiger partial charge in [-0.3, -0.25) is 9.48 Å². The van der Waals surface area contributed by atoms with E-state index in [1.54, 1.807) is 0 Å². The van der Waals surface area contributed by atoms with Crippen LogP contribution in [0.4, 0.5) is 0 Å². The van der Waals surface area contributed by atoms with Gasteiger partial charge in [0.15, 0.2) is 5.78 Å². The number of aromatic nitrogens is 2. The van der Waals surface area contributed by atoms with Gasteiger partial charge in [0.05, 0.1) is 5.52 Å². The summed E-state index contributed by atoms with van der Waals surface area (Å²) in [5.74, 6) is 0.246. The van der Waals surface area contributed by atoms with Gasteiger partial charge in [-0.15, -0.1) is 0 Å². The molecule has 1 heterocycles. The zero-order valence-corrected chi connectivity index (χ0v) is 15.4. The van der Waals surface area contributed by atoms with Gasteiger partial charge in [-0.25, -0.2) is 0 Å². The predicted octanol–water partition coefficient (Wildman–Crippen LogP) is 3.75. The molecule has 0 fully saturated rings. The summed E-state index contributed by atoms with van der Waals surface area (Å²) < 4.78 is 1.89. The van der Waals surface area contributed by atoms with Crippen molar-refractivity contribution in [2.24, 2.45) is 7.05 Å². The van der Waals surface area contributed by atoms with Gasteiger partial charge in [0.1, 0.15) is 0 Å². The molecule has 2 aromatic rings. The molecular weight excluding hydrogens is 313 g/mol. The minimum absolute atomic E-state index is 0. The van der Waals surface area contributed by atoms with Gasteiger partial charge in [-0.2, -0.15) is 5.10 Å². The number of carbonyl (C=O) groups is 1. The topological polar surface area (TPSA) is 34.9 Å². The first-order valence-corrected chi connectivity index (χ1v) is 6.75. The van der Waals surface area contributed by atoms with Gasteiger partial charge in [0, 0.05) is 62.8 Å². The molecule has 4 heteroatoms. The molecule has 1 aliphatic carbocycles. The maximum absolute atomic E-state index is 11.6. The summed E-state index contributed by atoms with van der Waals surface area (Å²) in [4.78, 5) is 11.6.